The van der Waals surface area contributed by atoms with E-state index in [0.717, 1.165) is 26.2 Å². The molecule has 0 saturated carbocycles. The third kappa shape index (κ3) is 5.56. The first-order valence-electron chi connectivity index (χ1n) is 10.6. The molecule has 4 rings (SSSR count). The summed E-state index contributed by atoms with van der Waals surface area (Å²) in [5.74, 6) is 0.708. The minimum atomic E-state index is -0.152. The topological polar surface area (TPSA) is 66.0 Å². The molecule has 0 bridgehead atoms. The molecule has 0 spiro atoms. The van der Waals surface area contributed by atoms with Crippen LogP contribution in [0.1, 0.15) is 22.5 Å². The maximum atomic E-state index is 13.0. The van der Waals surface area contributed by atoms with Gasteiger partial charge in [0.05, 0.1) is 11.7 Å². The number of likely N-dealkylation sites (tertiary alicyclic amines) is 1. The van der Waals surface area contributed by atoms with Gasteiger partial charge in [0.2, 0.25) is 5.91 Å². The van der Waals surface area contributed by atoms with Gasteiger partial charge in [-0.15, -0.1) is 11.3 Å². The summed E-state index contributed by atoms with van der Waals surface area (Å²) in [6, 6.07) is 7.32. The molecule has 0 unspecified atom stereocenters. The zero-order valence-corrected chi connectivity index (χ0v) is 19.1. The standard InChI is InChI=1S/C22H27ClN4O3S/c1-25-7-9-26(10-8-25)21(28)11-16-14-27(22(29)20-13-24-15-31-20)6-5-19(16)30-18-4-2-3-17(23)12-18/h2-4,12-13,15-16,19H,5-11,14H2,1H3/t16-,19-/m0/s1. The monoisotopic (exact) mass is 462 g/mol. The number of ether oxygens (including phenoxy) is 1. The largest absolute Gasteiger partial charge is 0.490 e. The van der Waals surface area contributed by atoms with Crippen LogP contribution in [-0.2, 0) is 4.79 Å². The van der Waals surface area contributed by atoms with Crippen molar-refractivity contribution in [1.82, 2.24) is 19.7 Å². The number of aromatic nitrogens is 1. The normalized spacial score (nSPS) is 22.4. The predicted octanol–water partition coefficient (Wildman–Crippen LogP) is 2.87. The number of rotatable bonds is 5. The maximum absolute atomic E-state index is 13.0. The molecule has 3 heterocycles. The Bertz CT molecular complexity index is 902. The Morgan fingerprint density at radius 1 is 1.19 bits per heavy atom. The molecule has 2 atom stereocenters. The summed E-state index contributed by atoms with van der Waals surface area (Å²) in [6.45, 7) is 4.32. The van der Waals surface area contributed by atoms with E-state index in [9.17, 15) is 9.59 Å². The van der Waals surface area contributed by atoms with E-state index in [0.29, 0.717) is 41.6 Å². The minimum absolute atomic E-state index is 0.0271. The number of hydrogen-bond acceptors (Lipinski definition) is 6. The van der Waals surface area contributed by atoms with Gasteiger partial charge in [-0.1, -0.05) is 17.7 Å². The number of amides is 2. The zero-order chi connectivity index (χ0) is 21.8. The summed E-state index contributed by atoms with van der Waals surface area (Å²) in [5.41, 5.74) is 1.66. The third-order valence-electron chi connectivity index (χ3n) is 5.97. The fraction of sp³-hybridized carbons (Fsp3) is 0.500. The van der Waals surface area contributed by atoms with Gasteiger partial charge >= 0.3 is 0 Å². The number of nitrogens with zero attached hydrogens (tertiary/aromatic N) is 4. The van der Waals surface area contributed by atoms with Gasteiger partial charge in [-0.2, -0.15) is 0 Å². The molecule has 0 N–H and O–H groups in total. The SMILES string of the molecule is CN1CCN(C(=O)C[C@H]2CN(C(=O)c3cncs3)CC[C@@H]2Oc2cccc(Cl)c2)CC1. The molecule has 2 aromatic rings. The van der Waals surface area contributed by atoms with Crippen LogP contribution in [0.2, 0.25) is 5.02 Å². The third-order valence-corrected chi connectivity index (χ3v) is 6.97. The summed E-state index contributed by atoms with van der Waals surface area (Å²) in [4.78, 5) is 36.6. The van der Waals surface area contributed by atoms with Gasteiger partial charge in [0.1, 0.15) is 16.7 Å². The lowest BCUT2D eigenvalue weighted by Gasteiger charge is -2.39. The van der Waals surface area contributed by atoms with Gasteiger partial charge < -0.3 is 19.4 Å². The number of piperazine rings is 1. The van der Waals surface area contributed by atoms with Gasteiger partial charge in [-0.25, -0.2) is 0 Å². The lowest BCUT2D eigenvalue weighted by molar-refractivity contribution is -0.135. The van der Waals surface area contributed by atoms with Crippen molar-refractivity contribution < 1.29 is 14.3 Å². The van der Waals surface area contributed by atoms with E-state index < -0.39 is 0 Å². The van der Waals surface area contributed by atoms with Crippen molar-refractivity contribution >= 4 is 34.8 Å². The molecule has 166 valence electrons. The van der Waals surface area contributed by atoms with Crippen LogP contribution in [0.4, 0.5) is 0 Å². The number of halogens is 1. The minimum Gasteiger partial charge on any atom is -0.490 e. The highest BCUT2D eigenvalue weighted by molar-refractivity contribution is 7.11. The number of likely N-dealkylation sites (N-methyl/N-ethyl adjacent to an activating group) is 1. The molecule has 1 aromatic carbocycles. The fourth-order valence-corrected chi connectivity index (χ4v) is 4.92. The van der Waals surface area contributed by atoms with Gasteiger partial charge in [-0.3, -0.25) is 14.6 Å². The number of thiazole rings is 1. The predicted molar refractivity (Wildman–Crippen MR) is 121 cm³/mol. The van der Waals surface area contributed by atoms with E-state index in [1.807, 2.05) is 21.9 Å². The molecular formula is C22H27ClN4O3S. The molecule has 31 heavy (non-hydrogen) atoms. The van der Waals surface area contributed by atoms with E-state index >= 15 is 0 Å². The first-order chi connectivity index (χ1) is 15.0. The summed E-state index contributed by atoms with van der Waals surface area (Å²) < 4.78 is 6.26. The van der Waals surface area contributed by atoms with Crippen LogP contribution in [0.5, 0.6) is 5.75 Å². The van der Waals surface area contributed by atoms with Crippen LogP contribution >= 0.6 is 22.9 Å². The Morgan fingerprint density at radius 3 is 2.71 bits per heavy atom. The van der Waals surface area contributed by atoms with Gasteiger partial charge in [0.25, 0.3) is 5.91 Å². The average molecular weight is 463 g/mol. The van der Waals surface area contributed by atoms with Crippen LogP contribution in [-0.4, -0.2) is 83.9 Å². The second kappa shape index (κ2) is 9.97. The molecule has 0 radical (unpaired) electrons. The van der Waals surface area contributed by atoms with Gasteiger partial charge in [0, 0.05) is 63.1 Å². The summed E-state index contributed by atoms with van der Waals surface area (Å²) in [6.07, 6.45) is 2.48. The molecule has 2 fully saturated rings. The van der Waals surface area contributed by atoms with Crippen LogP contribution in [0.15, 0.2) is 36.0 Å². The van der Waals surface area contributed by atoms with Crippen molar-refractivity contribution in [1.29, 1.82) is 0 Å². The number of carbonyl (C=O) groups is 2. The maximum Gasteiger partial charge on any atom is 0.265 e. The quantitative estimate of drug-likeness (QED) is 0.683. The first kappa shape index (κ1) is 22.0. The van der Waals surface area contributed by atoms with Gasteiger partial charge in [0.15, 0.2) is 0 Å². The molecule has 9 heteroatoms. The Labute approximate surface area is 191 Å². The number of carbonyl (C=O) groups excluding carboxylic acids is 2. The molecule has 1 aromatic heterocycles. The van der Waals surface area contributed by atoms with E-state index in [1.54, 1.807) is 23.8 Å². The Morgan fingerprint density at radius 2 is 2.00 bits per heavy atom. The molecule has 2 amide bonds. The summed E-state index contributed by atoms with van der Waals surface area (Å²) in [7, 11) is 2.07. The highest BCUT2D eigenvalue weighted by Crippen LogP contribution is 2.29. The Balaban J connectivity index is 1.47. The van der Waals surface area contributed by atoms with E-state index in [-0.39, 0.29) is 23.8 Å². The average Bonchev–Trinajstić information content (AvgIpc) is 3.30. The fourth-order valence-electron chi connectivity index (χ4n) is 4.15. The molecular weight excluding hydrogens is 436 g/mol. The van der Waals surface area contributed by atoms with Crippen molar-refractivity contribution in [2.75, 3.05) is 46.3 Å². The Hall–Kier alpha value is -2.16. The van der Waals surface area contributed by atoms with Crippen LogP contribution in [0, 0.1) is 5.92 Å². The smallest absolute Gasteiger partial charge is 0.265 e. The van der Waals surface area contributed by atoms with Crippen molar-refractivity contribution in [3.05, 3.63) is 45.9 Å². The van der Waals surface area contributed by atoms with Crippen LogP contribution in [0.3, 0.4) is 0 Å². The lowest BCUT2D eigenvalue weighted by Crippen LogP contribution is -2.51. The van der Waals surface area contributed by atoms with E-state index in [4.69, 9.17) is 16.3 Å². The second-order valence-corrected chi connectivity index (χ2v) is 9.49. The molecule has 2 aliphatic rings. The number of piperidine rings is 1. The first-order valence-corrected chi connectivity index (χ1v) is 11.8. The van der Waals surface area contributed by atoms with Crippen molar-refractivity contribution in [3.63, 3.8) is 0 Å². The summed E-state index contributed by atoms with van der Waals surface area (Å²) in [5, 5.41) is 0.611. The summed E-state index contributed by atoms with van der Waals surface area (Å²) >= 11 is 7.46. The lowest BCUT2D eigenvalue weighted by atomic mass is 9.90. The zero-order valence-electron chi connectivity index (χ0n) is 17.6. The van der Waals surface area contributed by atoms with Crippen molar-refractivity contribution in [2.24, 2.45) is 5.92 Å². The molecule has 2 saturated heterocycles. The van der Waals surface area contributed by atoms with Crippen LogP contribution in [0.25, 0.3) is 0 Å². The molecule has 0 aliphatic carbocycles. The Kier molecular flexibility index (Phi) is 7.09. The second-order valence-electron chi connectivity index (χ2n) is 8.17. The van der Waals surface area contributed by atoms with E-state index in [2.05, 4.69) is 16.9 Å². The number of hydrogen-bond donors (Lipinski definition) is 0. The highest BCUT2D eigenvalue weighted by Gasteiger charge is 2.36. The number of benzene rings is 1. The highest BCUT2D eigenvalue weighted by atomic mass is 35.5. The van der Waals surface area contributed by atoms with Crippen molar-refractivity contribution in [2.45, 2.75) is 18.9 Å². The van der Waals surface area contributed by atoms with Crippen LogP contribution < -0.4 is 4.74 Å². The molecule has 7 nitrogen and oxygen atoms in total. The van der Waals surface area contributed by atoms with Crippen molar-refractivity contribution in [3.8, 4) is 5.75 Å². The van der Waals surface area contributed by atoms with E-state index in [1.165, 1.54) is 11.3 Å². The van der Waals surface area contributed by atoms with Gasteiger partial charge in [-0.05, 0) is 25.2 Å². The molecule has 2 aliphatic heterocycles.